The standard InChI is InChI=1S/C16H12O7/c1-22-16(21)9-2-7(6-17)3-11-13(9)15(20)14-10(19)4-8(18)5-12(14)23-11/h2-5,17-19H,6H2,1H3. The Morgan fingerprint density at radius 3 is 2.48 bits per heavy atom. The number of aliphatic hydroxyl groups excluding tert-OH is 1. The van der Waals surface area contributed by atoms with Crippen molar-refractivity contribution in [3.05, 3.63) is 45.6 Å². The quantitative estimate of drug-likeness (QED) is 0.486. The van der Waals surface area contributed by atoms with Crippen molar-refractivity contribution in [2.24, 2.45) is 0 Å². The maximum absolute atomic E-state index is 12.7. The molecule has 2 aromatic carbocycles. The first-order chi connectivity index (χ1) is 11.0. The number of phenolic OH excluding ortho intramolecular Hbond substituents is 2. The van der Waals surface area contributed by atoms with Crippen LogP contribution in [-0.2, 0) is 11.3 Å². The molecule has 0 aliphatic carbocycles. The van der Waals surface area contributed by atoms with Gasteiger partial charge in [-0.05, 0) is 17.7 Å². The average Bonchev–Trinajstić information content (AvgIpc) is 2.52. The van der Waals surface area contributed by atoms with Crippen LogP contribution < -0.4 is 5.43 Å². The first-order valence-electron chi connectivity index (χ1n) is 6.61. The Hall–Kier alpha value is -3.06. The molecule has 0 unspecified atom stereocenters. The molecule has 0 radical (unpaired) electrons. The number of fused-ring (bicyclic) bond motifs is 2. The minimum atomic E-state index is -0.768. The minimum Gasteiger partial charge on any atom is -0.508 e. The van der Waals surface area contributed by atoms with Crippen LogP contribution >= 0.6 is 0 Å². The fourth-order valence-corrected chi connectivity index (χ4v) is 2.49. The summed E-state index contributed by atoms with van der Waals surface area (Å²) in [5, 5.41) is 28.5. The van der Waals surface area contributed by atoms with E-state index in [1.165, 1.54) is 18.2 Å². The SMILES string of the molecule is COC(=O)c1cc(CO)cc2oc3cc(O)cc(O)c3c(=O)c12. The zero-order valence-electron chi connectivity index (χ0n) is 12.0. The Balaban J connectivity index is 2.56. The van der Waals surface area contributed by atoms with E-state index in [1.54, 1.807) is 0 Å². The fourth-order valence-electron chi connectivity index (χ4n) is 2.49. The molecule has 7 nitrogen and oxygen atoms in total. The molecule has 1 aromatic heterocycles. The second kappa shape index (κ2) is 5.29. The lowest BCUT2D eigenvalue weighted by Crippen LogP contribution is -2.11. The molecule has 0 spiro atoms. The molecule has 0 bridgehead atoms. The number of carbonyl (C=O) groups excluding carboxylic acids is 1. The summed E-state index contributed by atoms with van der Waals surface area (Å²) in [6.45, 7) is -0.368. The normalized spacial score (nSPS) is 11.0. The van der Waals surface area contributed by atoms with Crippen molar-refractivity contribution >= 4 is 27.9 Å². The van der Waals surface area contributed by atoms with Gasteiger partial charge in [-0.15, -0.1) is 0 Å². The second-order valence-corrected chi connectivity index (χ2v) is 4.94. The van der Waals surface area contributed by atoms with E-state index in [0.717, 1.165) is 13.2 Å². The Morgan fingerprint density at radius 1 is 1.13 bits per heavy atom. The highest BCUT2D eigenvalue weighted by Crippen LogP contribution is 2.31. The molecule has 3 aromatic rings. The molecule has 0 saturated carbocycles. The van der Waals surface area contributed by atoms with Crippen LogP contribution in [0.1, 0.15) is 15.9 Å². The lowest BCUT2D eigenvalue weighted by Gasteiger charge is -2.09. The second-order valence-electron chi connectivity index (χ2n) is 4.94. The highest BCUT2D eigenvalue weighted by molar-refractivity contribution is 6.06. The Morgan fingerprint density at radius 2 is 1.83 bits per heavy atom. The third kappa shape index (κ3) is 2.27. The van der Waals surface area contributed by atoms with Gasteiger partial charge in [-0.2, -0.15) is 0 Å². The number of hydrogen-bond donors (Lipinski definition) is 3. The third-order valence-electron chi connectivity index (χ3n) is 3.49. The number of hydrogen-bond acceptors (Lipinski definition) is 7. The van der Waals surface area contributed by atoms with Gasteiger partial charge in [0.25, 0.3) is 0 Å². The monoisotopic (exact) mass is 316 g/mol. The molecule has 3 N–H and O–H groups in total. The molecular weight excluding hydrogens is 304 g/mol. The summed E-state index contributed by atoms with van der Waals surface area (Å²) in [6.07, 6.45) is 0. The number of aromatic hydroxyl groups is 2. The minimum absolute atomic E-state index is 0.0362. The van der Waals surface area contributed by atoms with Gasteiger partial charge in [0, 0.05) is 12.1 Å². The maximum atomic E-state index is 12.7. The summed E-state index contributed by atoms with van der Waals surface area (Å²) >= 11 is 0. The van der Waals surface area contributed by atoms with E-state index in [9.17, 15) is 24.9 Å². The molecule has 0 saturated heterocycles. The van der Waals surface area contributed by atoms with Gasteiger partial charge in [0.15, 0.2) is 0 Å². The number of carbonyl (C=O) groups is 1. The third-order valence-corrected chi connectivity index (χ3v) is 3.49. The van der Waals surface area contributed by atoms with E-state index >= 15 is 0 Å². The molecule has 0 amide bonds. The van der Waals surface area contributed by atoms with Gasteiger partial charge in [0.2, 0.25) is 5.43 Å². The van der Waals surface area contributed by atoms with Crippen molar-refractivity contribution in [3.63, 3.8) is 0 Å². The zero-order valence-corrected chi connectivity index (χ0v) is 12.0. The van der Waals surface area contributed by atoms with Gasteiger partial charge >= 0.3 is 5.97 Å². The first kappa shape index (κ1) is 14.9. The van der Waals surface area contributed by atoms with Gasteiger partial charge in [-0.25, -0.2) is 4.79 Å². The van der Waals surface area contributed by atoms with E-state index in [0.29, 0.717) is 5.56 Å². The van der Waals surface area contributed by atoms with Crippen LogP contribution in [0.15, 0.2) is 33.5 Å². The first-order valence-corrected chi connectivity index (χ1v) is 6.61. The number of benzene rings is 2. The summed E-state index contributed by atoms with van der Waals surface area (Å²) in [5.74, 6) is -1.50. The van der Waals surface area contributed by atoms with Crippen molar-refractivity contribution in [1.29, 1.82) is 0 Å². The molecule has 1 heterocycles. The van der Waals surface area contributed by atoms with E-state index in [1.807, 2.05) is 0 Å². The molecule has 0 atom stereocenters. The van der Waals surface area contributed by atoms with Gasteiger partial charge in [0.05, 0.1) is 24.7 Å². The summed E-state index contributed by atoms with van der Waals surface area (Å²) < 4.78 is 10.2. The Kier molecular flexibility index (Phi) is 3.42. The summed E-state index contributed by atoms with van der Waals surface area (Å²) in [5.41, 5.74) is -0.351. The molecule has 0 fully saturated rings. The van der Waals surface area contributed by atoms with Crippen molar-refractivity contribution in [2.75, 3.05) is 7.11 Å². The molecular formula is C16H12O7. The van der Waals surface area contributed by atoms with Crippen LogP contribution in [0, 0.1) is 0 Å². The van der Waals surface area contributed by atoms with Crippen LogP contribution in [0.5, 0.6) is 11.5 Å². The number of phenols is 2. The van der Waals surface area contributed by atoms with Crippen molar-refractivity contribution < 1.29 is 29.3 Å². The van der Waals surface area contributed by atoms with Gasteiger partial charge in [0.1, 0.15) is 28.1 Å². The van der Waals surface area contributed by atoms with Crippen molar-refractivity contribution in [1.82, 2.24) is 0 Å². The Labute approximate surface area is 129 Å². The largest absolute Gasteiger partial charge is 0.508 e. The summed E-state index contributed by atoms with van der Waals surface area (Å²) in [6, 6.07) is 4.92. The van der Waals surface area contributed by atoms with Crippen molar-refractivity contribution in [2.45, 2.75) is 6.61 Å². The lowest BCUT2D eigenvalue weighted by atomic mass is 10.0. The number of esters is 1. The van der Waals surface area contributed by atoms with Gasteiger partial charge in [-0.1, -0.05) is 0 Å². The van der Waals surface area contributed by atoms with Crippen LogP contribution in [0.4, 0.5) is 0 Å². The predicted molar refractivity (Wildman–Crippen MR) is 80.6 cm³/mol. The molecule has 23 heavy (non-hydrogen) atoms. The summed E-state index contributed by atoms with van der Waals surface area (Å²) in [4.78, 5) is 24.6. The predicted octanol–water partition coefficient (Wildman–Crippen LogP) is 1.64. The zero-order chi connectivity index (χ0) is 16.7. The van der Waals surface area contributed by atoms with Crippen molar-refractivity contribution in [3.8, 4) is 11.5 Å². The van der Waals surface area contributed by atoms with Gasteiger partial charge < -0.3 is 24.5 Å². The van der Waals surface area contributed by atoms with Gasteiger partial charge in [-0.3, -0.25) is 4.79 Å². The topological polar surface area (TPSA) is 117 Å². The van der Waals surface area contributed by atoms with Crippen LogP contribution in [-0.4, -0.2) is 28.4 Å². The van der Waals surface area contributed by atoms with E-state index < -0.39 is 17.1 Å². The lowest BCUT2D eigenvalue weighted by molar-refractivity contribution is 0.0602. The van der Waals surface area contributed by atoms with Crippen LogP contribution in [0.25, 0.3) is 21.9 Å². The molecule has 0 aliphatic rings. The smallest absolute Gasteiger partial charge is 0.338 e. The molecule has 0 aliphatic heterocycles. The molecule has 7 heteroatoms. The van der Waals surface area contributed by atoms with Crippen LogP contribution in [0.2, 0.25) is 0 Å². The van der Waals surface area contributed by atoms with E-state index in [4.69, 9.17) is 4.42 Å². The molecule has 118 valence electrons. The maximum Gasteiger partial charge on any atom is 0.338 e. The highest BCUT2D eigenvalue weighted by atomic mass is 16.5. The average molecular weight is 316 g/mol. The van der Waals surface area contributed by atoms with E-state index in [-0.39, 0.29) is 39.9 Å². The highest BCUT2D eigenvalue weighted by Gasteiger charge is 2.20. The fraction of sp³-hybridized carbons (Fsp3) is 0.125. The number of aliphatic hydroxyl groups is 1. The van der Waals surface area contributed by atoms with E-state index in [2.05, 4.69) is 4.74 Å². The summed E-state index contributed by atoms with van der Waals surface area (Å²) in [7, 11) is 1.16. The number of rotatable bonds is 2. The van der Waals surface area contributed by atoms with Crippen LogP contribution in [0.3, 0.4) is 0 Å². The molecule has 3 rings (SSSR count). The Bertz CT molecular complexity index is 1000. The number of ether oxygens (including phenoxy) is 1. The number of methoxy groups -OCH3 is 1.